The van der Waals surface area contributed by atoms with Crippen molar-refractivity contribution in [2.75, 3.05) is 36.1 Å². The van der Waals surface area contributed by atoms with Gasteiger partial charge < -0.3 is 9.64 Å². The van der Waals surface area contributed by atoms with Crippen LogP contribution in [0.25, 0.3) is 0 Å². The normalized spacial score (nSPS) is 22.2. The lowest BCUT2D eigenvalue weighted by Gasteiger charge is -2.30. The number of fused-ring (bicyclic) bond motifs is 1. The third kappa shape index (κ3) is 3.70. The number of sulfonamides is 1. The summed E-state index contributed by atoms with van der Waals surface area (Å²) >= 11 is 1.90. The number of hydrogen-bond donors (Lipinski definition) is 1. The van der Waals surface area contributed by atoms with Crippen LogP contribution < -0.4 is 14.4 Å². The molecule has 7 heteroatoms. The zero-order valence-electron chi connectivity index (χ0n) is 14.4. The molecule has 26 heavy (non-hydrogen) atoms. The van der Waals surface area contributed by atoms with Crippen LogP contribution in [0.15, 0.2) is 53.4 Å². The van der Waals surface area contributed by atoms with Gasteiger partial charge in [-0.15, -0.1) is 0 Å². The van der Waals surface area contributed by atoms with Gasteiger partial charge in [-0.2, -0.15) is 11.8 Å². The molecule has 5 nitrogen and oxygen atoms in total. The van der Waals surface area contributed by atoms with Gasteiger partial charge in [0.25, 0.3) is 0 Å². The standard InChI is InChI=1S/C19H22N2O3S2/c22-26(23)19-17(21-9-11-25-12-10-21)7-4-8-18(19)24-14-16(20-26)13-15-5-2-1-3-6-15/h1-8,16,20H,9-14H2/t16-/m1/s1. The summed E-state index contributed by atoms with van der Waals surface area (Å²) in [7, 11) is -3.65. The second-order valence-electron chi connectivity index (χ2n) is 6.52. The quantitative estimate of drug-likeness (QED) is 0.873. The number of nitrogens with one attached hydrogen (secondary N) is 1. The van der Waals surface area contributed by atoms with E-state index in [9.17, 15) is 8.42 Å². The number of rotatable bonds is 3. The number of anilines is 1. The van der Waals surface area contributed by atoms with Crippen molar-refractivity contribution in [1.82, 2.24) is 4.72 Å². The molecule has 0 aromatic heterocycles. The number of ether oxygens (including phenoxy) is 1. The van der Waals surface area contributed by atoms with E-state index in [0.717, 1.165) is 35.8 Å². The van der Waals surface area contributed by atoms with E-state index in [1.807, 2.05) is 54.2 Å². The second kappa shape index (κ2) is 7.50. The van der Waals surface area contributed by atoms with Gasteiger partial charge >= 0.3 is 0 Å². The maximum Gasteiger partial charge on any atom is 0.246 e. The summed E-state index contributed by atoms with van der Waals surface area (Å²) in [5.41, 5.74) is 1.83. The Morgan fingerprint density at radius 2 is 1.85 bits per heavy atom. The number of hydrogen-bond acceptors (Lipinski definition) is 5. The average molecular weight is 391 g/mol. The molecule has 1 atom stereocenters. The highest BCUT2D eigenvalue weighted by Crippen LogP contribution is 2.36. The van der Waals surface area contributed by atoms with Crippen LogP contribution in [0, 0.1) is 0 Å². The van der Waals surface area contributed by atoms with Crippen LogP contribution in [0.1, 0.15) is 5.56 Å². The highest BCUT2D eigenvalue weighted by atomic mass is 32.2. The van der Waals surface area contributed by atoms with Gasteiger partial charge in [-0.25, -0.2) is 13.1 Å². The van der Waals surface area contributed by atoms with E-state index in [1.54, 1.807) is 6.07 Å². The maximum absolute atomic E-state index is 13.1. The van der Waals surface area contributed by atoms with Crippen LogP contribution in [0.5, 0.6) is 5.75 Å². The molecule has 4 rings (SSSR count). The van der Waals surface area contributed by atoms with Crippen molar-refractivity contribution < 1.29 is 13.2 Å². The Bertz CT molecular complexity index is 866. The minimum atomic E-state index is -3.65. The van der Waals surface area contributed by atoms with E-state index in [1.165, 1.54) is 0 Å². The van der Waals surface area contributed by atoms with Gasteiger partial charge in [0.15, 0.2) is 0 Å². The maximum atomic E-state index is 13.1. The van der Waals surface area contributed by atoms with E-state index in [0.29, 0.717) is 18.8 Å². The SMILES string of the molecule is O=S1(=O)N[C@H](Cc2ccccc2)COc2cccc(N3CCSCC3)c21. The molecule has 0 radical (unpaired) electrons. The van der Waals surface area contributed by atoms with E-state index in [2.05, 4.69) is 9.62 Å². The number of thioether (sulfide) groups is 1. The Kier molecular flexibility index (Phi) is 5.11. The summed E-state index contributed by atoms with van der Waals surface area (Å²) in [6.07, 6.45) is 0.601. The topological polar surface area (TPSA) is 58.6 Å². The molecule has 1 saturated heterocycles. The molecule has 0 unspecified atom stereocenters. The Morgan fingerprint density at radius 3 is 2.62 bits per heavy atom. The minimum Gasteiger partial charge on any atom is -0.490 e. The molecule has 1 N–H and O–H groups in total. The first-order valence-corrected chi connectivity index (χ1v) is 11.4. The molecule has 2 heterocycles. The van der Waals surface area contributed by atoms with Gasteiger partial charge in [0.05, 0.1) is 11.7 Å². The summed E-state index contributed by atoms with van der Waals surface area (Å²) in [6, 6.07) is 15.1. The highest BCUT2D eigenvalue weighted by Gasteiger charge is 2.32. The van der Waals surface area contributed by atoms with Gasteiger partial charge in [-0.05, 0) is 24.1 Å². The molecule has 2 aromatic carbocycles. The first kappa shape index (κ1) is 17.7. The van der Waals surface area contributed by atoms with Crippen LogP contribution >= 0.6 is 11.8 Å². The van der Waals surface area contributed by atoms with Crippen LogP contribution in [-0.4, -0.2) is 45.7 Å². The van der Waals surface area contributed by atoms with Crippen molar-refractivity contribution in [3.63, 3.8) is 0 Å². The molecule has 0 saturated carbocycles. The van der Waals surface area contributed by atoms with E-state index in [4.69, 9.17) is 4.74 Å². The molecule has 2 aliphatic rings. The van der Waals surface area contributed by atoms with Gasteiger partial charge in [0.1, 0.15) is 17.3 Å². The molecule has 0 bridgehead atoms. The van der Waals surface area contributed by atoms with Gasteiger partial charge in [-0.3, -0.25) is 0 Å². The predicted octanol–water partition coefficient (Wildman–Crippen LogP) is 2.52. The number of nitrogens with zero attached hydrogens (tertiary/aromatic N) is 1. The fraction of sp³-hybridized carbons (Fsp3) is 0.368. The van der Waals surface area contributed by atoms with Crippen molar-refractivity contribution in [1.29, 1.82) is 0 Å². The van der Waals surface area contributed by atoms with Crippen LogP contribution in [0.2, 0.25) is 0 Å². The first-order valence-electron chi connectivity index (χ1n) is 8.78. The summed E-state index contributed by atoms with van der Waals surface area (Å²) in [6.45, 7) is 2.02. The third-order valence-electron chi connectivity index (χ3n) is 4.67. The van der Waals surface area contributed by atoms with Crippen molar-refractivity contribution in [3.05, 3.63) is 54.1 Å². The molecule has 138 valence electrons. The predicted molar refractivity (Wildman–Crippen MR) is 106 cm³/mol. The zero-order valence-corrected chi connectivity index (χ0v) is 16.1. The summed E-state index contributed by atoms with van der Waals surface area (Å²) in [4.78, 5) is 2.43. The molecular weight excluding hydrogens is 368 g/mol. The molecule has 0 amide bonds. The smallest absolute Gasteiger partial charge is 0.246 e. The monoisotopic (exact) mass is 390 g/mol. The highest BCUT2D eigenvalue weighted by molar-refractivity contribution is 7.99. The fourth-order valence-corrected chi connectivity index (χ4v) is 5.92. The summed E-state index contributed by atoms with van der Waals surface area (Å²) in [5.74, 6) is 2.47. The minimum absolute atomic E-state index is 0.280. The lowest BCUT2D eigenvalue weighted by molar-refractivity contribution is 0.279. The van der Waals surface area contributed by atoms with Crippen molar-refractivity contribution >= 4 is 27.5 Å². The summed E-state index contributed by atoms with van der Waals surface area (Å²) < 4.78 is 35.0. The zero-order chi connectivity index (χ0) is 18.0. The first-order chi connectivity index (χ1) is 12.6. The van der Waals surface area contributed by atoms with Crippen LogP contribution in [0.3, 0.4) is 0 Å². The van der Waals surface area contributed by atoms with Crippen LogP contribution in [0.4, 0.5) is 5.69 Å². The van der Waals surface area contributed by atoms with Crippen molar-refractivity contribution in [2.24, 2.45) is 0 Å². The second-order valence-corrected chi connectivity index (χ2v) is 9.40. The lowest BCUT2D eigenvalue weighted by Crippen LogP contribution is -2.39. The molecule has 1 fully saturated rings. The Labute approximate surface area is 158 Å². The Balaban J connectivity index is 1.65. The largest absolute Gasteiger partial charge is 0.490 e. The fourth-order valence-electron chi connectivity index (χ4n) is 3.44. The van der Waals surface area contributed by atoms with Gasteiger partial charge in [0, 0.05) is 24.6 Å². The lowest BCUT2D eigenvalue weighted by atomic mass is 10.1. The summed E-state index contributed by atoms with van der Waals surface area (Å²) in [5, 5.41) is 0. The van der Waals surface area contributed by atoms with Gasteiger partial charge in [-0.1, -0.05) is 36.4 Å². The van der Waals surface area contributed by atoms with Gasteiger partial charge in [0.2, 0.25) is 10.0 Å². The average Bonchev–Trinajstić information content (AvgIpc) is 2.79. The Morgan fingerprint density at radius 1 is 1.08 bits per heavy atom. The Hall–Kier alpha value is -1.70. The molecule has 2 aromatic rings. The van der Waals surface area contributed by atoms with Crippen molar-refractivity contribution in [2.45, 2.75) is 17.4 Å². The van der Waals surface area contributed by atoms with Crippen LogP contribution in [-0.2, 0) is 16.4 Å². The molecular formula is C19H22N2O3S2. The molecule has 0 aliphatic carbocycles. The third-order valence-corrected chi connectivity index (χ3v) is 7.20. The number of benzene rings is 2. The van der Waals surface area contributed by atoms with E-state index >= 15 is 0 Å². The molecule has 0 spiro atoms. The van der Waals surface area contributed by atoms with E-state index in [-0.39, 0.29) is 10.9 Å². The van der Waals surface area contributed by atoms with Crippen molar-refractivity contribution in [3.8, 4) is 5.75 Å². The van der Waals surface area contributed by atoms with E-state index < -0.39 is 10.0 Å². The molecule has 2 aliphatic heterocycles.